The monoisotopic (exact) mass is 494 g/mol. The number of unbranched alkanes of at least 4 members (excludes halogenated alkanes) is 5. The minimum atomic E-state index is -0.993. The normalized spacial score (nSPS) is 17.8. The molecule has 0 spiro atoms. The summed E-state index contributed by atoms with van der Waals surface area (Å²) in [6.45, 7) is 6.57. The smallest absolute Gasteiger partial charge is 0.261 e. The molecule has 2 aromatic rings. The Labute approximate surface area is 214 Å². The minimum Gasteiger partial charge on any atom is -0.493 e. The Hall–Kier alpha value is -2.74. The number of imide groups is 1. The van der Waals surface area contributed by atoms with Gasteiger partial charge in [-0.25, -0.2) is 0 Å². The van der Waals surface area contributed by atoms with E-state index in [1.807, 2.05) is 31.2 Å². The number of β-amino-alcohol motifs (C(OH)–C–C–N with tert-alkyl or cyclic N) is 1. The van der Waals surface area contributed by atoms with Crippen molar-refractivity contribution in [2.75, 3.05) is 46.0 Å². The van der Waals surface area contributed by atoms with Crippen LogP contribution >= 0.6 is 0 Å². The molecule has 0 aliphatic carbocycles. The lowest BCUT2D eigenvalue weighted by atomic mass is 9.94. The standard InChI is InChI=1S/C29H38N2O5/c1-29(34,22-30-17-20-35-21-18-30)25-14-8-9-15-26(25)36-19-11-5-3-2-4-10-16-31-27(32)23-12-6-7-13-24(23)28(31)33/h6-9,12-15,34H,2-5,10-11,16-22H2,1H3. The molecule has 36 heavy (non-hydrogen) atoms. The number of para-hydroxylation sites is 1. The highest BCUT2D eigenvalue weighted by molar-refractivity contribution is 6.21. The predicted molar refractivity (Wildman–Crippen MR) is 138 cm³/mol. The molecule has 4 rings (SSSR count). The molecular weight excluding hydrogens is 456 g/mol. The first-order valence-electron chi connectivity index (χ1n) is 13.2. The molecule has 0 radical (unpaired) electrons. The average molecular weight is 495 g/mol. The van der Waals surface area contributed by atoms with E-state index in [1.165, 1.54) is 4.90 Å². The van der Waals surface area contributed by atoms with Crippen molar-refractivity contribution in [2.24, 2.45) is 0 Å². The van der Waals surface area contributed by atoms with Crippen LogP contribution in [0.25, 0.3) is 0 Å². The van der Waals surface area contributed by atoms with Crippen LogP contribution < -0.4 is 4.74 Å². The molecule has 2 amide bonds. The number of hydrogen-bond donors (Lipinski definition) is 1. The molecule has 1 atom stereocenters. The molecule has 2 aliphatic heterocycles. The van der Waals surface area contributed by atoms with Crippen molar-refractivity contribution in [3.8, 4) is 5.75 Å². The second kappa shape index (κ2) is 12.5. The molecule has 1 saturated heterocycles. The third kappa shape index (κ3) is 6.52. The lowest BCUT2D eigenvalue weighted by molar-refractivity contribution is -0.0265. The summed E-state index contributed by atoms with van der Waals surface area (Å²) in [6, 6.07) is 14.8. The van der Waals surface area contributed by atoms with Crippen molar-refractivity contribution in [1.29, 1.82) is 0 Å². The van der Waals surface area contributed by atoms with Gasteiger partial charge >= 0.3 is 0 Å². The Bertz CT molecular complexity index is 997. The van der Waals surface area contributed by atoms with Crippen molar-refractivity contribution < 1.29 is 24.2 Å². The Morgan fingerprint density at radius 1 is 0.861 bits per heavy atom. The van der Waals surface area contributed by atoms with Crippen LogP contribution in [-0.2, 0) is 10.3 Å². The molecular formula is C29H38N2O5. The molecule has 2 aliphatic rings. The number of hydrogen-bond acceptors (Lipinski definition) is 6. The lowest BCUT2D eigenvalue weighted by Crippen LogP contribution is -2.44. The van der Waals surface area contributed by atoms with Crippen LogP contribution in [0.3, 0.4) is 0 Å². The molecule has 7 heteroatoms. The molecule has 1 N–H and O–H groups in total. The number of morpholine rings is 1. The van der Waals surface area contributed by atoms with Gasteiger partial charge in [0.1, 0.15) is 11.4 Å². The van der Waals surface area contributed by atoms with E-state index in [4.69, 9.17) is 9.47 Å². The molecule has 0 bridgehead atoms. The molecule has 194 valence electrons. The van der Waals surface area contributed by atoms with Crippen LogP contribution in [0.1, 0.15) is 71.7 Å². The van der Waals surface area contributed by atoms with Crippen LogP contribution in [-0.4, -0.2) is 72.7 Å². The van der Waals surface area contributed by atoms with Gasteiger partial charge in [0, 0.05) is 31.7 Å². The van der Waals surface area contributed by atoms with Gasteiger partial charge in [0.15, 0.2) is 0 Å². The van der Waals surface area contributed by atoms with Gasteiger partial charge in [-0.05, 0) is 38.0 Å². The minimum absolute atomic E-state index is 0.169. The van der Waals surface area contributed by atoms with Gasteiger partial charge in [0.2, 0.25) is 0 Å². The lowest BCUT2D eigenvalue weighted by Gasteiger charge is -2.34. The number of ether oxygens (including phenoxy) is 2. The van der Waals surface area contributed by atoms with Gasteiger partial charge < -0.3 is 14.6 Å². The maximum atomic E-state index is 12.4. The van der Waals surface area contributed by atoms with Gasteiger partial charge in [-0.2, -0.15) is 0 Å². The van der Waals surface area contributed by atoms with Crippen molar-refractivity contribution in [2.45, 2.75) is 51.0 Å². The number of aliphatic hydroxyl groups is 1. The Balaban J connectivity index is 1.12. The largest absolute Gasteiger partial charge is 0.493 e. The zero-order valence-electron chi connectivity index (χ0n) is 21.3. The second-order valence-corrected chi connectivity index (χ2v) is 9.94. The van der Waals surface area contributed by atoms with E-state index in [1.54, 1.807) is 24.3 Å². The number of carbonyl (C=O) groups is 2. The van der Waals surface area contributed by atoms with E-state index >= 15 is 0 Å². The third-order valence-electron chi connectivity index (χ3n) is 7.01. The second-order valence-electron chi connectivity index (χ2n) is 9.94. The maximum absolute atomic E-state index is 12.4. The highest BCUT2D eigenvalue weighted by Gasteiger charge is 2.34. The zero-order chi connectivity index (χ0) is 25.4. The maximum Gasteiger partial charge on any atom is 0.261 e. The van der Waals surface area contributed by atoms with Crippen LogP contribution in [0, 0.1) is 0 Å². The first-order chi connectivity index (χ1) is 17.5. The predicted octanol–water partition coefficient (Wildman–Crippen LogP) is 4.24. The third-order valence-corrected chi connectivity index (χ3v) is 7.01. The number of carbonyl (C=O) groups excluding carboxylic acids is 2. The number of benzene rings is 2. The quantitative estimate of drug-likeness (QED) is 0.331. The van der Waals surface area contributed by atoms with Gasteiger partial charge in [0.25, 0.3) is 11.8 Å². The zero-order valence-corrected chi connectivity index (χ0v) is 21.3. The summed E-state index contributed by atoms with van der Waals surface area (Å²) in [4.78, 5) is 28.4. The first kappa shape index (κ1) is 26.3. The topological polar surface area (TPSA) is 79.3 Å². The van der Waals surface area contributed by atoms with E-state index in [2.05, 4.69) is 4.90 Å². The molecule has 2 aromatic carbocycles. The highest BCUT2D eigenvalue weighted by Crippen LogP contribution is 2.31. The van der Waals surface area contributed by atoms with Gasteiger partial charge in [0.05, 0.1) is 30.9 Å². The van der Waals surface area contributed by atoms with Crippen molar-refractivity contribution >= 4 is 11.8 Å². The number of nitrogens with zero attached hydrogens (tertiary/aromatic N) is 2. The van der Waals surface area contributed by atoms with Crippen LogP contribution in [0.15, 0.2) is 48.5 Å². The molecule has 0 aromatic heterocycles. The fourth-order valence-electron chi connectivity index (χ4n) is 5.02. The Morgan fingerprint density at radius 2 is 1.44 bits per heavy atom. The van der Waals surface area contributed by atoms with Crippen LogP contribution in [0.4, 0.5) is 0 Å². The average Bonchev–Trinajstić information content (AvgIpc) is 3.13. The van der Waals surface area contributed by atoms with E-state index in [-0.39, 0.29) is 11.8 Å². The van der Waals surface area contributed by atoms with Crippen LogP contribution in [0.2, 0.25) is 0 Å². The molecule has 2 heterocycles. The SMILES string of the molecule is CC(O)(CN1CCOCC1)c1ccccc1OCCCCCCCCN1C(=O)c2ccccc2C1=O. The summed E-state index contributed by atoms with van der Waals surface area (Å²) in [6.07, 6.45) is 5.96. The number of fused-ring (bicyclic) bond motifs is 1. The molecule has 7 nitrogen and oxygen atoms in total. The molecule has 1 unspecified atom stereocenters. The summed E-state index contributed by atoms with van der Waals surface area (Å²) in [7, 11) is 0. The van der Waals surface area contributed by atoms with Gasteiger partial charge in [-0.3, -0.25) is 19.4 Å². The fraction of sp³-hybridized carbons (Fsp3) is 0.517. The number of rotatable bonds is 13. The van der Waals surface area contributed by atoms with E-state index in [9.17, 15) is 14.7 Å². The van der Waals surface area contributed by atoms with Crippen LogP contribution in [0.5, 0.6) is 5.75 Å². The van der Waals surface area contributed by atoms with Crippen molar-refractivity contribution in [3.63, 3.8) is 0 Å². The van der Waals surface area contributed by atoms with E-state index in [0.29, 0.717) is 44.0 Å². The Kier molecular flexibility index (Phi) is 9.13. The summed E-state index contributed by atoms with van der Waals surface area (Å²) in [5.41, 5.74) is 0.871. The molecule has 0 saturated carbocycles. The van der Waals surface area contributed by atoms with E-state index in [0.717, 1.165) is 62.9 Å². The first-order valence-corrected chi connectivity index (χ1v) is 13.2. The summed E-state index contributed by atoms with van der Waals surface area (Å²) >= 11 is 0. The fourth-order valence-corrected chi connectivity index (χ4v) is 5.02. The molecule has 1 fully saturated rings. The van der Waals surface area contributed by atoms with Gasteiger partial charge in [-0.1, -0.05) is 56.0 Å². The Morgan fingerprint density at radius 3 is 2.14 bits per heavy atom. The van der Waals surface area contributed by atoms with Crippen molar-refractivity contribution in [3.05, 3.63) is 65.2 Å². The highest BCUT2D eigenvalue weighted by atomic mass is 16.5. The van der Waals surface area contributed by atoms with Gasteiger partial charge in [-0.15, -0.1) is 0 Å². The summed E-state index contributed by atoms with van der Waals surface area (Å²) in [5.74, 6) is 0.408. The van der Waals surface area contributed by atoms with Crippen molar-refractivity contribution in [1.82, 2.24) is 9.80 Å². The van der Waals surface area contributed by atoms with E-state index < -0.39 is 5.60 Å². The number of amides is 2. The summed E-state index contributed by atoms with van der Waals surface area (Å²) in [5, 5.41) is 11.2. The summed E-state index contributed by atoms with van der Waals surface area (Å²) < 4.78 is 11.5.